The minimum atomic E-state index is -0.483. The predicted molar refractivity (Wildman–Crippen MR) is 72.9 cm³/mol. The number of hydrogen-bond acceptors (Lipinski definition) is 4. The van der Waals surface area contributed by atoms with Gasteiger partial charge >= 0.3 is 6.09 Å². The van der Waals surface area contributed by atoms with Gasteiger partial charge in [0.05, 0.1) is 17.7 Å². The third-order valence-electron chi connectivity index (χ3n) is 4.43. The largest absolute Gasteiger partial charge is 0.444 e. The minimum Gasteiger partial charge on any atom is -0.444 e. The fourth-order valence-corrected chi connectivity index (χ4v) is 3.60. The lowest BCUT2D eigenvalue weighted by Gasteiger charge is -2.39. The molecule has 2 saturated heterocycles. The molecule has 110 valence electrons. The molecule has 2 bridgehead atoms. The molecular weight excluding hydrogens is 244 g/mol. The Morgan fingerprint density at radius 2 is 1.74 bits per heavy atom. The van der Waals surface area contributed by atoms with Crippen LogP contribution >= 0.6 is 0 Å². The lowest BCUT2D eigenvalue weighted by Crippen LogP contribution is -2.56. The summed E-state index contributed by atoms with van der Waals surface area (Å²) in [5, 5.41) is 0. The summed E-state index contributed by atoms with van der Waals surface area (Å²) in [6.07, 6.45) is 3.57. The third kappa shape index (κ3) is 2.34. The van der Waals surface area contributed by atoms with Crippen LogP contribution in [-0.2, 0) is 9.47 Å². The van der Waals surface area contributed by atoms with E-state index in [-0.39, 0.29) is 17.2 Å². The van der Waals surface area contributed by atoms with Crippen LogP contribution in [-0.4, -0.2) is 47.9 Å². The van der Waals surface area contributed by atoms with Crippen LogP contribution in [0.5, 0.6) is 0 Å². The average Bonchev–Trinajstić information content (AvgIpc) is 2.78. The molecule has 2 aliphatic heterocycles. The van der Waals surface area contributed by atoms with E-state index in [1.54, 1.807) is 7.11 Å². The number of nitrogens with zero attached hydrogens (tertiary/aromatic N) is 1. The molecule has 19 heavy (non-hydrogen) atoms. The van der Waals surface area contributed by atoms with Gasteiger partial charge in [-0.25, -0.2) is 4.79 Å². The predicted octanol–water partition coefficient (Wildman–Crippen LogP) is 1.89. The monoisotopic (exact) mass is 270 g/mol. The molecule has 0 atom stereocenters. The zero-order valence-electron chi connectivity index (χ0n) is 12.5. The van der Waals surface area contributed by atoms with Crippen LogP contribution in [0.25, 0.3) is 0 Å². The van der Waals surface area contributed by atoms with Gasteiger partial charge in [0.25, 0.3) is 0 Å². The summed E-state index contributed by atoms with van der Waals surface area (Å²) in [7, 11) is 1.68. The van der Waals surface area contributed by atoms with Crippen molar-refractivity contribution >= 4 is 6.09 Å². The van der Waals surface area contributed by atoms with Gasteiger partial charge in [-0.05, 0) is 46.5 Å². The second-order valence-electron chi connectivity index (χ2n) is 6.90. The van der Waals surface area contributed by atoms with Gasteiger partial charge in [-0.1, -0.05) is 0 Å². The van der Waals surface area contributed by atoms with Crippen molar-refractivity contribution < 1.29 is 14.3 Å². The number of fused-ring (bicyclic) bond motifs is 2. The van der Waals surface area contributed by atoms with E-state index in [1.165, 1.54) is 0 Å². The zero-order valence-corrected chi connectivity index (χ0v) is 12.5. The highest BCUT2D eigenvalue weighted by Gasteiger charge is 2.62. The second-order valence-corrected chi connectivity index (χ2v) is 6.90. The Balaban J connectivity index is 2.26. The number of rotatable bonds is 3. The van der Waals surface area contributed by atoms with Crippen molar-refractivity contribution in [2.24, 2.45) is 5.73 Å². The number of methoxy groups -OCH3 is 1. The van der Waals surface area contributed by atoms with Gasteiger partial charge in [-0.15, -0.1) is 0 Å². The van der Waals surface area contributed by atoms with Crippen molar-refractivity contribution in [2.75, 3.05) is 20.3 Å². The maximum absolute atomic E-state index is 12.6. The van der Waals surface area contributed by atoms with Crippen LogP contribution in [0.1, 0.15) is 46.5 Å². The molecular formula is C14H26N2O3. The standard InChI is InChI=1S/C14H26N2O3/c1-12(2,3)19-11(17)16-13(9-15)5-7-14(16,8-6-13)10-18-4/h5-10,15H2,1-4H3. The van der Waals surface area contributed by atoms with Gasteiger partial charge in [-0.3, -0.25) is 4.90 Å². The first-order valence-corrected chi connectivity index (χ1v) is 7.01. The molecule has 0 aromatic heterocycles. The van der Waals surface area contributed by atoms with Crippen LogP contribution in [0.15, 0.2) is 0 Å². The molecule has 0 spiro atoms. The number of hydrogen-bond donors (Lipinski definition) is 1. The molecule has 5 heteroatoms. The normalized spacial score (nSPS) is 33.8. The average molecular weight is 270 g/mol. The van der Waals surface area contributed by atoms with Crippen LogP contribution < -0.4 is 5.73 Å². The first-order valence-electron chi connectivity index (χ1n) is 7.01. The van der Waals surface area contributed by atoms with E-state index in [9.17, 15) is 4.79 Å². The molecule has 0 unspecified atom stereocenters. The van der Waals surface area contributed by atoms with Gasteiger partial charge in [-0.2, -0.15) is 0 Å². The van der Waals surface area contributed by atoms with E-state index in [0.717, 1.165) is 25.7 Å². The zero-order chi connectivity index (χ0) is 14.3. The molecule has 0 aromatic rings. The van der Waals surface area contributed by atoms with Crippen molar-refractivity contribution in [1.29, 1.82) is 0 Å². The van der Waals surface area contributed by atoms with Crippen molar-refractivity contribution in [2.45, 2.75) is 63.1 Å². The van der Waals surface area contributed by atoms with Crippen LogP contribution in [0.2, 0.25) is 0 Å². The number of amides is 1. The first kappa shape index (κ1) is 14.6. The molecule has 0 saturated carbocycles. The number of nitrogens with two attached hydrogens (primary N) is 1. The van der Waals surface area contributed by atoms with Crippen molar-refractivity contribution in [3.05, 3.63) is 0 Å². The Kier molecular flexibility index (Phi) is 3.56. The summed E-state index contributed by atoms with van der Waals surface area (Å²) in [4.78, 5) is 14.5. The summed E-state index contributed by atoms with van der Waals surface area (Å²) in [6, 6.07) is 0. The molecule has 1 amide bonds. The fraction of sp³-hybridized carbons (Fsp3) is 0.929. The Bertz CT molecular complexity index is 354. The molecule has 2 rings (SSSR count). The number of carbonyl (C=O) groups excluding carboxylic acids is 1. The maximum atomic E-state index is 12.6. The van der Waals surface area contributed by atoms with E-state index < -0.39 is 5.60 Å². The van der Waals surface area contributed by atoms with Crippen molar-refractivity contribution in [3.8, 4) is 0 Å². The lowest BCUT2D eigenvalue weighted by atomic mass is 9.82. The van der Waals surface area contributed by atoms with E-state index >= 15 is 0 Å². The highest BCUT2D eigenvalue weighted by atomic mass is 16.6. The smallest absolute Gasteiger partial charge is 0.411 e. The molecule has 2 aliphatic rings. The molecule has 0 aliphatic carbocycles. The number of carbonyl (C=O) groups is 1. The van der Waals surface area contributed by atoms with Gasteiger partial charge in [0, 0.05) is 13.7 Å². The van der Waals surface area contributed by atoms with E-state index in [4.69, 9.17) is 15.2 Å². The summed E-state index contributed by atoms with van der Waals surface area (Å²) in [6.45, 7) is 6.73. The van der Waals surface area contributed by atoms with Crippen molar-refractivity contribution in [3.63, 3.8) is 0 Å². The molecule has 0 radical (unpaired) electrons. The third-order valence-corrected chi connectivity index (χ3v) is 4.43. The highest BCUT2D eigenvalue weighted by Crippen LogP contribution is 2.53. The molecule has 2 fully saturated rings. The van der Waals surface area contributed by atoms with Crippen LogP contribution in [0.3, 0.4) is 0 Å². The maximum Gasteiger partial charge on any atom is 0.411 e. The van der Waals surface area contributed by atoms with Crippen LogP contribution in [0.4, 0.5) is 4.79 Å². The van der Waals surface area contributed by atoms with E-state index in [0.29, 0.717) is 13.2 Å². The van der Waals surface area contributed by atoms with E-state index in [1.807, 2.05) is 25.7 Å². The van der Waals surface area contributed by atoms with E-state index in [2.05, 4.69) is 0 Å². The number of ether oxygens (including phenoxy) is 2. The Labute approximate surface area is 115 Å². The Morgan fingerprint density at radius 3 is 2.16 bits per heavy atom. The topological polar surface area (TPSA) is 64.8 Å². The van der Waals surface area contributed by atoms with Gasteiger partial charge in [0.1, 0.15) is 5.60 Å². The van der Waals surface area contributed by atoms with Crippen molar-refractivity contribution in [1.82, 2.24) is 4.90 Å². The van der Waals surface area contributed by atoms with Crippen LogP contribution in [0, 0.1) is 0 Å². The Hall–Kier alpha value is -0.810. The molecule has 0 aromatic carbocycles. The quantitative estimate of drug-likeness (QED) is 0.850. The van der Waals surface area contributed by atoms with Gasteiger partial charge in [0.15, 0.2) is 0 Å². The summed E-state index contributed by atoms with van der Waals surface area (Å²) in [5.41, 5.74) is 5.05. The van der Waals surface area contributed by atoms with Gasteiger partial charge in [0.2, 0.25) is 0 Å². The summed E-state index contributed by atoms with van der Waals surface area (Å²) in [5.74, 6) is 0. The lowest BCUT2D eigenvalue weighted by molar-refractivity contribution is -0.0178. The molecule has 2 heterocycles. The summed E-state index contributed by atoms with van der Waals surface area (Å²) >= 11 is 0. The first-order chi connectivity index (χ1) is 8.79. The minimum absolute atomic E-state index is 0.212. The SMILES string of the molecule is COCC12CCC(CN)(CC1)N2C(=O)OC(C)(C)C. The summed E-state index contributed by atoms with van der Waals surface area (Å²) < 4.78 is 10.9. The Morgan fingerprint density at radius 1 is 1.21 bits per heavy atom. The molecule has 5 nitrogen and oxygen atoms in total. The second kappa shape index (κ2) is 4.63. The highest BCUT2D eigenvalue weighted by molar-refractivity contribution is 5.72. The van der Waals surface area contributed by atoms with Gasteiger partial charge < -0.3 is 15.2 Å². The molecule has 2 N–H and O–H groups in total. The fourth-order valence-electron chi connectivity index (χ4n) is 3.60.